The molecule has 0 saturated carbocycles. The summed E-state index contributed by atoms with van der Waals surface area (Å²) in [5, 5.41) is 0.291. The minimum Gasteiger partial charge on any atom is -0.497 e. The summed E-state index contributed by atoms with van der Waals surface area (Å²) < 4.78 is 15.2. The molecule has 20 heavy (non-hydrogen) atoms. The van der Waals surface area contributed by atoms with Gasteiger partial charge in [-0.25, -0.2) is 4.79 Å². The number of methoxy groups -OCH3 is 2. The number of aromatic nitrogens is 1. The zero-order valence-electron chi connectivity index (χ0n) is 11.5. The van der Waals surface area contributed by atoms with E-state index in [1.807, 2.05) is 0 Å². The standard InChI is InChI=1S/C14H15NO5/c1-4-20-14(17)9-7-15-10-5-8(18-2)6-11(19-3)12(10)13(9)16/h5-7H,4H2,1-3H3,(H,15,16). The first kappa shape index (κ1) is 13.9. The van der Waals surface area contributed by atoms with Crippen molar-refractivity contribution in [3.05, 3.63) is 34.1 Å². The molecule has 0 unspecified atom stereocenters. The Morgan fingerprint density at radius 2 is 2.00 bits per heavy atom. The topological polar surface area (TPSA) is 77.6 Å². The average Bonchev–Trinajstić information content (AvgIpc) is 2.46. The largest absolute Gasteiger partial charge is 0.497 e. The summed E-state index contributed by atoms with van der Waals surface area (Å²) in [6.45, 7) is 1.88. The molecular formula is C14H15NO5. The predicted molar refractivity (Wildman–Crippen MR) is 73.6 cm³/mol. The number of carbonyl (C=O) groups is 1. The lowest BCUT2D eigenvalue weighted by Gasteiger charge is -2.09. The highest BCUT2D eigenvalue weighted by Crippen LogP contribution is 2.27. The Labute approximate surface area is 115 Å². The third-order valence-corrected chi connectivity index (χ3v) is 2.87. The summed E-state index contributed by atoms with van der Waals surface area (Å²) in [7, 11) is 2.97. The molecule has 0 amide bonds. The number of nitrogens with one attached hydrogen (secondary N) is 1. The Hall–Kier alpha value is -2.50. The molecule has 106 valence electrons. The van der Waals surface area contributed by atoms with Crippen molar-refractivity contribution < 1.29 is 19.0 Å². The third kappa shape index (κ3) is 2.32. The fourth-order valence-corrected chi connectivity index (χ4v) is 1.93. The van der Waals surface area contributed by atoms with Crippen LogP contribution in [0.1, 0.15) is 17.3 Å². The van der Waals surface area contributed by atoms with E-state index in [1.54, 1.807) is 19.1 Å². The number of pyridine rings is 1. The van der Waals surface area contributed by atoms with Crippen LogP contribution >= 0.6 is 0 Å². The van der Waals surface area contributed by atoms with Crippen molar-refractivity contribution in [1.29, 1.82) is 0 Å². The normalized spacial score (nSPS) is 10.3. The first-order chi connectivity index (χ1) is 9.62. The average molecular weight is 277 g/mol. The van der Waals surface area contributed by atoms with Crippen molar-refractivity contribution in [2.24, 2.45) is 0 Å². The molecule has 1 aromatic heterocycles. The van der Waals surface area contributed by atoms with Crippen molar-refractivity contribution in [2.45, 2.75) is 6.92 Å². The monoisotopic (exact) mass is 277 g/mol. The van der Waals surface area contributed by atoms with Crippen LogP contribution in [0.25, 0.3) is 10.9 Å². The number of rotatable bonds is 4. The fourth-order valence-electron chi connectivity index (χ4n) is 1.93. The Morgan fingerprint density at radius 1 is 1.25 bits per heavy atom. The van der Waals surface area contributed by atoms with E-state index in [1.165, 1.54) is 20.4 Å². The number of esters is 1. The number of carbonyl (C=O) groups excluding carboxylic acids is 1. The van der Waals surface area contributed by atoms with E-state index in [0.29, 0.717) is 22.4 Å². The van der Waals surface area contributed by atoms with E-state index >= 15 is 0 Å². The molecule has 2 rings (SSSR count). The molecule has 0 fully saturated rings. The van der Waals surface area contributed by atoms with Gasteiger partial charge >= 0.3 is 5.97 Å². The Morgan fingerprint density at radius 3 is 2.60 bits per heavy atom. The number of hydrogen-bond donors (Lipinski definition) is 1. The maximum absolute atomic E-state index is 12.4. The lowest BCUT2D eigenvalue weighted by Crippen LogP contribution is -2.18. The molecule has 0 radical (unpaired) electrons. The van der Waals surface area contributed by atoms with Crippen LogP contribution in [0.2, 0.25) is 0 Å². The number of H-pyrrole nitrogens is 1. The molecule has 0 bridgehead atoms. The molecule has 6 heteroatoms. The maximum Gasteiger partial charge on any atom is 0.343 e. The molecule has 1 heterocycles. The highest BCUT2D eigenvalue weighted by molar-refractivity contribution is 5.95. The summed E-state index contributed by atoms with van der Waals surface area (Å²) in [5.74, 6) is 0.231. The van der Waals surface area contributed by atoms with Gasteiger partial charge in [-0.1, -0.05) is 0 Å². The van der Waals surface area contributed by atoms with Gasteiger partial charge in [0.2, 0.25) is 5.43 Å². The molecule has 1 N–H and O–H groups in total. The van der Waals surface area contributed by atoms with Crippen LogP contribution in [0.3, 0.4) is 0 Å². The molecule has 0 atom stereocenters. The SMILES string of the molecule is CCOC(=O)c1c[nH]c2cc(OC)cc(OC)c2c1=O. The van der Waals surface area contributed by atoms with Gasteiger partial charge in [-0.3, -0.25) is 4.79 Å². The molecule has 1 aromatic carbocycles. The van der Waals surface area contributed by atoms with Crippen molar-refractivity contribution in [2.75, 3.05) is 20.8 Å². The Kier molecular flexibility index (Phi) is 3.93. The van der Waals surface area contributed by atoms with Gasteiger partial charge in [-0.2, -0.15) is 0 Å². The summed E-state index contributed by atoms with van der Waals surface area (Å²) >= 11 is 0. The zero-order chi connectivity index (χ0) is 14.7. The lowest BCUT2D eigenvalue weighted by molar-refractivity contribution is 0.0524. The molecule has 2 aromatic rings. The van der Waals surface area contributed by atoms with E-state index in [9.17, 15) is 9.59 Å². The minimum atomic E-state index is -0.659. The first-order valence-electron chi connectivity index (χ1n) is 6.06. The van der Waals surface area contributed by atoms with E-state index < -0.39 is 11.4 Å². The molecule has 6 nitrogen and oxygen atoms in total. The van der Waals surface area contributed by atoms with Crippen LogP contribution < -0.4 is 14.9 Å². The van der Waals surface area contributed by atoms with Crippen molar-refractivity contribution in [1.82, 2.24) is 4.98 Å². The second-order valence-corrected chi connectivity index (χ2v) is 4.00. The molecular weight excluding hydrogens is 262 g/mol. The van der Waals surface area contributed by atoms with Crippen LogP contribution in [0.15, 0.2) is 23.1 Å². The van der Waals surface area contributed by atoms with Crippen LogP contribution in [0.4, 0.5) is 0 Å². The van der Waals surface area contributed by atoms with Crippen LogP contribution in [-0.2, 0) is 4.74 Å². The third-order valence-electron chi connectivity index (χ3n) is 2.87. The van der Waals surface area contributed by atoms with E-state index in [0.717, 1.165) is 0 Å². The smallest absolute Gasteiger partial charge is 0.343 e. The van der Waals surface area contributed by atoms with Crippen molar-refractivity contribution >= 4 is 16.9 Å². The van der Waals surface area contributed by atoms with Gasteiger partial charge in [0.15, 0.2) is 0 Å². The van der Waals surface area contributed by atoms with Gasteiger partial charge in [0.05, 0.1) is 31.7 Å². The van der Waals surface area contributed by atoms with E-state index in [2.05, 4.69) is 4.98 Å². The lowest BCUT2D eigenvalue weighted by atomic mass is 10.1. The van der Waals surface area contributed by atoms with Crippen LogP contribution in [0, 0.1) is 0 Å². The Balaban J connectivity index is 2.72. The number of ether oxygens (including phenoxy) is 3. The quantitative estimate of drug-likeness (QED) is 0.861. The maximum atomic E-state index is 12.4. The van der Waals surface area contributed by atoms with Crippen molar-refractivity contribution in [3.63, 3.8) is 0 Å². The number of aromatic amines is 1. The molecule has 0 saturated heterocycles. The Bertz CT molecular complexity index is 705. The predicted octanol–water partition coefficient (Wildman–Crippen LogP) is 1.72. The fraction of sp³-hybridized carbons (Fsp3) is 0.286. The van der Waals surface area contributed by atoms with Gasteiger partial charge in [0.25, 0.3) is 0 Å². The van der Waals surface area contributed by atoms with Crippen molar-refractivity contribution in [3.8, 4) is 11.5 Å². The minimum absolute atomic E-state index is 0.0529. The van der Waals surface area contributed by atoms with Crippen LogP contribution in [-0.4, -0.2) is 31.8 Å². The molecule has 0 aliphatic carbocycles. The summed E-state index contributed by atoms with van der Waals surface area (Å²) in [6.07, 6.45) is 1.33. The summed E-state index contributed by atoms with van der Waals surface area (Å²) in [4.78, 5) is 27.0. The zero-order valence-corrected chi connectivity index (χ0v) is 11.5. The van der Waals surface area contributed by atoms with Gasteiger partial charge in [0.1, 0.15) is 17.1 Å². The molecule has 0 spiro atoms. The van der Waals surface area contributed by atoms with Gasteiger partial charge in [0, 0.05) is 18.3 Å². The molecule has 0 aliphatic rings. The second kappa shape index (κ2) is 5.64. The summed E-state index contributed by atoms with van der Waals surface area (Å²) in [5.41, 5.74) is 0.0405. The molecule has 0 aliphatic heterocycles. The van der Waals surface area contributed by atoms with Gasteiger partial charge in [-0.15, -0.1) is 0 Å². The summed E-state index contributed by atoms with van der Waals surface area (Å²) in [6, 6.07) is 3.25. The van der Waals surface area contributed by atoms with Crippen LogP contribution in [0.5, 0.6) is 11.5 Å². The second-order valence-electron chi connectivity index (χ2n) is 4.00. The van der Waals surface area contributed by atoms with Gasteiger partial charge < -0.3 is 19.2 Å². The number of hydrogen-bond acceptors (Lipinski definition) is 5. The van der Waals surface area contributed by atoms with Gasteiger partial charge in [-0.05, 0) is 6.92 Å². The van der Waals surface area contributed by atoms with E-state index in [-0.39, 0.29) is 12.2 Å². The number of fused-ring (bicyclic) bond motifs is 1. The van der Waals surface area contributed by atoms with E-state index in [4.69, 9.17) is 14.2 Å². The highest BCUT2D eigenvalue weighted by Gasteiger charge is 2.17. The first-order valence-corrected chi connectivity index (χ1v) is 6.06. The highest BCUT2D eigenvalue weighted by atomic mass is 16.5. The number of benzene rings is 1.